The molecule has 1 aromatic carbocycles. The van der Waals surface area contributed by atoms with Gasteiger partial charge in [0.05, 0.1) is 6.61 Å². The maximum absolute atomic E-state index is 5.67. The molecule has 2 aromatic rings. The summed E-state index contributed by atoms with van der Waals surface area (Å²) in [6.45, 7) is 2.82. The molecule has 0 unspecified atom stereocenters. The number of hydrogen-bond donors (Lipinski definition) is 1. The van der Waals surface area contributed by atoms with E-state index >= 15 is 0 Å². The number of ether oxygens (including phenoxy) is 1. The number of nitrogens with two attached hydrogens (primary N) is 1. The van der Waals surface area contributed by atoms with Crippen LogP contribution < -0.4 is 10.5 Å². The van der Waals surface area contributed by atoms with Gasteiger partial charge in [0.1, 0.15) is 5.75 Å². The molecule has 0 spiro atoms. The summed E-state index contributed by atoms with van der Waals surface area (Å²) in [4.78, 5) is 0. The summed E-state index contributed by atoms with van der Waals surface area (Å²) in [5, 5.41) is 8.22. The number of rotatable bonds is 6. The van der Waals surface area contributed by atoms with Gasteiger partial charge in [0.15, 0.2) is 0 Å². The summed E-state index contributed by atoms with van der Waals surface area (Å²) in [5.41, 5.74) is 6.64. The molecule has 96 valence electrons. The second kappa shape index (κ2) is 6.42. The molecule has 5 nitrogen and oxygen atoms in total. The summed E-state index contributed by atoms with van der Waals surface area (Å²) in [6, 6.07) is 7.77. The number of benzene rings is 1. The third kappa shape index (κ3) is 3.48. The van der Waals surface area contributed by atoms with Gasteiger partial charge in [-0.05, 0) is 6.07 Å². The lowest BCUT2D eigenvalue weighted by Crippen LogP contribution is -2.05. The lowest BCUT2D eigenvalue weighted by atomic mass is 10.2. The normalized spacial score (nSPS) is 10.6. The maximum Gasteiger partial charge on any atom is 0.276 e. The van der Waals surface area contributed by atoms with Crippen LogP contribution in [0.2, 0.25) is 0 Å². The molecule has 2 rings (SSSR count). The van der Waals surface area contributed by atoms with Crippen molar-refractivity contribution in [1.82, 2.24) is 10.2 Å². The number of aryl methyl sites for hydroxylation is 1. The number of para-hydroxylation sites is 1. The second-order valence-corrected chi connectivity index (χ2v) is 4.64. The zero-order chi connectivity index (χ0) is 12.8. The van der Waals surface area contributed by atoms with Crippen molar-refractivity contribution < 1.29 is 9.15 Å². The van der Waals surface area contributed by atoms with Gasteiger partial charge in [-0.15, -0.1) is 10.2 Å². The third-order valence-corrected chi connectivity index (χ3v) is 3.05. The molecule has 2 N–H and O–H groups in total. The molecule has 0 saturated heterocycles. The summed E-state index contributed by atoms with van der Waals surface area (Å²) >= 11 is 1.48. The largest absolute Gasteiger partial charge is 0.492 e. The molecule has 0 bridgehead atoms. The fourth-order valence-corrected chi connectivity index (χ4v) is 2.05. The minimum absolute atomic E-state index is 0.478. The Balaban J connectivity index is 1.78. The molecule has 0 amide bonds. The molecule has 1 aromatic heterocycles. The summed E-state index contributed by atoms with van der Waals surface area (Å²) in [7, 11) is 0. The smallest absolute Gasteiger partial charge is 0.276 e. The molecular weight excluding hydrogens is 250 g/mol. The first-order valence-electron chi connectivity index (χ1n) is 5.63. The molecule has 0 aliphatic heterocycles. The molecule has 0 fully saturated rings. The fourth-order valence-electron chi connectivity index (χ4n) is 1.43. The average Bonchev–Trinajstić information content (AvgIpc) is 2.81. The highest BCUT2D eigenvalue weighted by atomic mass is 32.2. The van der Waals surface area contributed by atoms with Crippen LogP contribution in [0.4, 0.5) is 0 Å². The van der Waals surface area contributed by atoms with Gasteiger partial charge in [-0.25, -0.2) is 0 Å². The van der Waals surface area contributed by atoms with Crippen molar-refractivity contribution in [2.45, 2.75) is 18.7 Å². The number of thioether (sulfide) groups is 1. The van der Waals surface area contributed by atoms with Crippen molar-refractivity contribution in [2.75, 3.05) is 12.4 Å². The molecule has 0 saturated carbocycles. The lowest BCUT2D eigenvalue weighted by Gasteiger charge is -2.08. The zero-order valence-corrected chi connectivity index (χ0v) is 10.9. The molecular formula is C12H15N3O2S. The van der Waals surface area contributed by atoms with E-state index in [1.807, 2.05) is 24.3 Å². The molecule has 6 heteroatoms. The first kappa shape index (κ1) is 12.9. The Morgan fingerprint density at radius 3 is 2.89 bits per heavy atom. The maximum atomic E-state index is 5.67. The van der Waals surface area contributed by atoms with Crippen LogP contribution in [-0.4, -0.2) is 22.6 Å². The fraction of sp³-hybridized carbons (Fsp3) is 0.333. The highest BCUT2D eigenvalue weighted by molar-refractivity contribution is 7.99. The van der Waals surface area contributed by atoms with Gasteiger partial charge in [0.25, 0.3) is 5.22 Å². The van der Waals surface area contributed by atoms with Gasteiger partial charge >= 0.3 is 0 Å². The lowest BCUT2D eigenvalue weighted by molar-refractivity contribution is 0.339. The Hall–Kier alpha value is -1.53. The van der Waals surface area contributed by atoms with Crippen LogP contribution >= 0.6 is 11.8 Å². The van der Waals surface area contributed by atoms with Crippen molar-refractivity contribution >= 4 is 11.8 Å². The summed E-state index contributed by atoms with van der Waals surface area (Å²) < 4.78 is 10.9. The van der Waals surface area contributed by atoms with Crippen LogP contribution in [0.3, 0.4) is 0 Å². The van der Waals surface area contributed by atoms with Crippen molar-refractivity contribution in [3.8, 4) is 5.75 Å². The van der Waals surface area contributed by atoms with Crippen LogP contribution in [-0.2, 0) is 6.54 Å². The van der Waals surface area contributed by atoms with E-state index in [2.05, 4.69) is 10.2 Å². The van der Waals surface area contributed by atoms with Gasteiger partial charge in [-0.3, -0.25) is 0 Å². The number of hydrogen-bond acceptors (Lipinski definition) is 6. The van der Waals surface area contributed by atoms with E-state index in [0.29, 0.717) is 24.3 Å². The average molecular weight is 265 g/mol. The van der Waals surface area contributed by atoms with Gasteiger partial charge in [-0.2, -0.15) is 0 Å². The topological polar surface area (TPSA) is 74.2 Å². The highest BCUT2D eigenvalue weighted by Gasteiger charge is 2.04. The number of nitrogens with zero attached hydrogens (tertiary/aromatic N) is 2. The predicted molar refractivity (Wildman–Crippen MR) is 69.6 cm³/mol. The van der Waals surface area contributed by atoms with E-state index in [1.54, 1.807) is 6.92 Å². The van der Waals surface area contributed by atoms with Crippen LogP contribution in [0, 0.1) is 6.92 Å². The van der Waals surface area contributed by atoms with Crippen molar-refractivity contribution in [2.24, 2.45) is 5.73 Å². The summed E-state index contributed by atoms with van der Waals surface area (Å²) in [6.07, 6.45) is 0. The van der Waals surface area contributed by atoms with E-state index in [4.69, 9.17) is 14.9 Å². The van der Waals surface area contributed by atoms with E-state index in [1.165, 1.54) is 11.8 Å². The zero-order valence-electron chi connectivity index (χ0n) is 10.1. The quantitative estimate of drug-likeness (QED) is 0.636. The molecule has 1 heterocycles. The van der Waals surface area contributed by atoms with E-state index < -0.39 is 0 Å². The predicted octanol–water partition coefficient (Wildman–Crippen LogP) is 2.01. The first-order chi connectivity index (χ1) is 8.79. The summed E-state index contributed by atoms with van der Waals surface area (Å²) in [5.74, 6) is 2.16. The third-order valence-electron chi connectivity index (χ3n) is 2.27. The second-order valence-electron chi connectivity index (χ2n) is 3.60. The minimum Gasteiger partial charge on any atom is -0.492 e. The Morgan fingerprint density at radius 1 is 1.33 bits per heavy atom. The Morgan fingerprint density at radius 2 is 2.17 bits per heavy atom. The molecule has 0 radical (unpaired) electrons. The first-order valence-corrected chi connectivity index (χ1v) is 6.62. The van der Waals surface area contributed by atoms with Crippen molar-refractivity contribution in [3.63, 3.8) is 0 Å². The van der Waals surface area contributed by atoms with Gasteiger partial charge in [0.2, 0.25) is 5.89 Å². The monoisotopic (exact) mass is 265 g/mol. The Labute approximate surface area is 110 Å². The van der Waals surface area contributed by atoms with Crippen molar-refractivity contribution in [3.05, 3.63) is 35.7 Å². The molecule has 18 heavy (non-hydrogen) atoms. The Bertz CT molecular complexity index is 502. The van der Waals surface area contributed by atoms with Crippen molar-refractivity contribution in [1.29, 1.82) is 0 Å². The van der Waals surface area contributed by atoms with Crippen LogP contribution in [0.25, 0.3) is 0 Å². The van der Waals surface area contributed by atoms with Gasteiger partial charge in [-0.1, -0.05) is 30.0 Å². The molecule has 0 aliphatic carbocycles. The Kier molecular flexibility index (Phi) is 4.60. The van der Waals surface area contributed by atoms with Crippen LogP contribution in [0.15, 0.2) is 33.9 Å². The van der Waals surface area contributed by atoms with Gasteiger partial charge < -0.3 is 14.9 Å². The SMILES string of the molecule is Cc1nnc(SCCOc2ccccc2CN)o1. The van der Waals surface area contributed by atoms with Crippen LogP contribution in [0.1, 0.15) is 11.5 Å². The van der Waals surface area contributed by atoms with E-state index in [0.717, 1.165) is 17.1 Å². The van der Waals surface area contributed by atoms with E-state index in [-0.39, 0.29) is 0 Å². The molecule has 0 atom stereocenters. The molecule has 0 aliphatic rings. The van der Waals surface area contributed by atoms with Gasteiger partial charge in [0, 0.05) is 24.8 Å². The standard InChI is InChI=1S/C12H15N3O2S/c1-9-14-15-12(17-9)18-7-6-16-11-5-3-2-4-10(11)8-13/h2-5H,6-8,13H2,1H3. The highest BCUT2D eigenvalue weighted by Crippen LogP contribution is 2.19. The van der Waals surface area contributed by atoms with Crippen LogP contribution in [0.5, 0.6) is 5.75 Å². The van der Waals surface area contributed by atoms with E-state index in [9.17, 15) is 0 Å². The minimum atomic E-state index is 0.478. The number of aromatic nitrogens is 2.